The molecule has 0 bridgehead atoms. The van der Waals surface area contributed by atoms with Gasteiger partial charge in [-0.3, -0.25) is 4.79 Å². The van der Waals surface area contributed by atoms with Gasteiger partial charge >= 0.3 is 5.97 Å². The van der Waals surface area contributed by atoms with Gasteiger partial charge in [0, 0.05) is 10.4 Å². The van der Waals surface area contributed by atoms with Crippen LogP contribution >= 0.6 is 11.3 Å². The number of nitrogens with one attached hydrogen (secondary N) is 1. The van der Waals surface area contributed by atoms with Gasteiger partial charge in [-0.2, -0.15) is 0 Å². The molecular formula is C14H21NO4S. The molecule has 0 aliphatic carbocycles. The number of hydrogen-bond acceptors (Lipinski definition) is 4. The molecule has 0 aromatic carbocycles. The van der Waals surface area contributed by atoms with Crippen molar-refractivity contribution in [2.24, 2.45) is 0 Å². The molecule has 1 aromatic heterocycles. The van der Waals surface area contributed by atoms with Crippen LogP contribution in [0.25, 0.3) is 0 Å². The molecule has 0 aliphatic rings. The summed E-state index contributed by atoms with van der Waals surface area (Å²) in [5.74, 6) is -1.04. The highest BCUT2D eigenvalue weighted by Gasteiger charge is 2.24. The number of aryl methyl sites for hydroxylation is 1. The number of hydrogen-bond donors (Lipinski definition) is 2. The molecule has 1 aromatic rings. The summed E-state index contributed by atoms with van der Waals surface area (Å²) in [5, 5.41) is 11.9. The van der Waals surface area contributed by atoms with Crippen LogP contribution in [-0.4, -0.2) is 28.6 Å². The molecular weight excluding hydrogens is 278 g/mol. The average molecular weight is 299 g/mol. The topological polar surface area (TPSA) is 75.6 Å². The molecule has 2 N–H and O–H groups in total. The lowest BCUT2D eigenvalue weighted by molar-refractivity contribution is -0.128. The zero-order chi connectivity index (χ0) is 15.5. The molecule has 1 heterocycles. The van der Waals surface area contributed by atoms with Crippen LogP contribution in [0.4, 0.5) is 0 Å². The predicted molar refractivity (Wildman–Crippen MR) is 78.6 cm³/mol. The molecule has 5 nitrogen and oxygen atoms in total. The van der Waals surface area contributed by atoms with Crippen molar-refractivity contribution < 1.29 is 19.4 Å². The smallest absolute Gasteiger partial charge is 0.349 e. The van der Waals surface area contributed by atoms with Gasteiger partial charge in [-0.1, -0.05) is 6.92 Å². The van der Waals surface area contributed by atoms with Crippen LogP contribution < -0.4 is 10.1 Å². The predicted octanol–water partition coefficient (Wildman–Crippen LogP) is 2.69. The van der Waals surface area contributed by atoms with Gasteiger partial charge in [0.1, 0.15) is 5.75 Å². The number of amides is 1. The molecule has 0 aliphatic heterocycles. The molecule has 1 rings (SSSR count). The molecule has 0 spiro atoms. The minimum Gasteiger partial charge on any atom is -0.479 e. The number of carboxylic acid groups (broad SMARTS) is 1. The molecule has 1 amide bonds. The van der Waals surface area contributed by atoms with E-state index in [1.165, 1.54) is 11.3 Å². The summed E-state index contributed by atoms with van der Waals surface area (Å²) in [4.78, 5) is 24.2. The maximum Gasteiger partial charge on any atom is 0.349 e. The molecule has 6 heteroatoms. The van der Waals surface area contributed by atoms with E-state index in [0.717, 1.165) is 11.3 Å². The van der Waals surface area contributed by atoms with E-state index in [1.807, 2.05) is 27.7 Å². The van der Waals surface area contributed by atoms with E-state index < -0.39 is 12.1 Å². The van der Waals surface area contributed by atoms with Crippen molar-refractivity contribution in [3.05, 3.63) is 15.8 Å². The fourth-order valence-corrected chi connectivity index (χ4v) is 2.42. The zero-order valence-electron chi connectivity index (χ0n) is 12.4. The van der Waals surface area contributed by atoms with Gasteiger partial charge in [-0.15, -0.1) is 11.3 Å². The number of carbonyl (C=O) groups is 2. The quantitative estimate of drug-likeness (QED) is 0.876. The third-order valence-electron chi connectivity index (χ3n) is 2.46. The van der Waals surface area contributed by atoms with Crippen molar-refractivity contribution in [2.75, 3.05) is 0 Å². The lowest BCUT2D eigenvalue weighted by Crippen LogP contribution is -2.46. The highest BCUT2D eigenvalue weighted by atomic mass is 32.1. The van der Waals surface area contributed by atoms with E-state index >= 15 is 0 Å². The number of carbonyl (C=O) groups excluding carboxylic acids is 1. The number of rotatable bonds is 5. The first-order valence-electron chi connectivity index (χ1n) is 6.48. The van der Waals surface area contributed by atoms with Crippen LogP contribution in [-0.2, 0) is 11.2 Å². The Labute approximate surface area is 123 Å². The third-order valence-corrected chi connectivity index (χ3v) is 3.71. The molecule has 0 fully saturated rings. The first-order chi connectivity index (χ1) is 9.14. The molecule has 20 heavy (non-hydrogen) atoms. The van der Waals surface area contributed by atoms with Gasteiger partial charge in [0.2, 0.25) is 0 Å². The van der Waals surface area contributed by atoms with Gasteiger partial charge in [0.05, 0.1) is 0 Å². The molecule has 112 valence electrons. The summed E-state index contributed by atoms with van der Waals surface area (Å²) in [7, 11) is 0. The van der Waals surface area contributed by atoms with Crippen LogP contribution in [0, 0.1) is 0 Å². The number of carboxylic acids is 1. The Hall–Kier alpha value is -1.56. The van der Waals surface area contributed by atoms with Gasteiger partial charge in [-0.25, -0.2) is 4.79 Å². The van der Waals surface area contributed by atoms with Gasteiger partial charge in [-0.05, 0) is 40.2 Å². The van der Waals surface area contributed by atoms with Crippen molar-refractivity contribution in [3.63, 3.8) is 0 Å². The minimum absolute atomic E-state index is 0.136. The molecule has 1 unspecified atom stereocenters. The molecule has 0 saturated heterocycles. The summed E-state index contributed by atoms with van der Waals surface area (Å²) >= 11 is 1.18. The Kier molecular flexibility index (Phi) is 5.16. The van der Waals surface area contributed by atoms with Crippen LogP contribution in [0.3, 0.4) is 0 Å². The second-order valence-electron chi connectivity index (χ2n) is 5.56. The Balaban J connectivity index is 2.84. The Morgan fingerprint density at radius 3 is 2.50 bits per heavy atom. The maximum absolute atomic E-state index is 11.9. The summed E-state index contributed by atoms with van der Waals surface area (Å²) in [6.07, 6.45) is -0.0108. The van der Waals surface area contributed by atoms with E-state index in [9.17, 15) is 9.59 Å². The lowest BCUT2D eigenvalue weighted by Gasteiger charge is -2.23. The number of thiophene rings is 1. The van der Waals surface area contributed by atoms with E-state index in [2.05, 4.69) is 5.32 Å². The van der Waals surface area contributed by atoms with Crippen LogP contribution in [0.2, 0.25) is 0 Å². The maximum atomic E-state index is 11.9. The van der Waals surface area contributed by atoms with Crippen LogP contribution in [0.1, 0.15) is 49.2 Å². The third kappa shape index (κ3) is 4.52. The van der Waals surface area contributed by atoms with Gasteiger partial charge < -0.3 is 15.2 Å². The highest BCUT2D eigenvalue weighted by molar-refractivity contribution is 7.14. The molecule has 0 radical (unpaired) electrons. The van der Waals surface area contributed by atoms with Crippen molar-refractivity contribution in [2.45, 2.75) is 52.7 Å². The largest absolute Gasteiger partial charge is 0.479 e. The Morgan fingerprint density at radius 2 is 2.05 bits per heavy atom. The molecule has 0 saturated carbocycles. The normalized spacial score (nSPS) is 12.8. The summed E-state index contributed by atoms with van der Waals surface area (Å²) in [6.45, 7) is 9.17. The lowest BCUT2D eigenvalue weighted by atomic mass is 10.1. The van der Waals surface area contributed by atoms with E-state index in [4.69, 9.17) is 9.84 Å². The van der Waals surface area contributed by atoms with Crippen molar-refractivity contribution in [1.82, 2.24) is 5.32 Å². The molecule has 1 atom stereocenters. The highest BCUT2D eigenvalue weighted by Crippen LogP contribution is 2.30. The summed E-state index contributed by atoms with van der Waals surface area (Å²) < 4.78 is 5.51. The van der Waals surface area contributed by atoms with E-state index in [0.29, 0.717) is 0 Å². The first kappa shape index (κ1) is 16.5. The summed E-state index contributed by atoms with van der Waals surface area (Å²) in [6, 6.07) is 1.69. The fraction of sp³-hybridized carbons (Fsp3) is 0.571. The average Bonchev–Trinajstić information content (AvgIpc) is 2.70. The monoisotopic (exact) mass is 299 g/mol. The van der Waals surface area contributed by atoms with Crippen LogP contribution in [0.5, 0.6) is 5.75 Å². The zero-order valence-corrected chi connectivity index (χ0v) is 13.3. The standard InChI is InChI=1S/C14H21NO4S/c1-6-9-7-10(11(20-9)13(17)18)19-8(2)12(16)15-14(3,4)5/h7-8H,6H2,1-5H3,(H,15,16)(H,17,18). The van der Waals surface area contributed by atoms with Gasteiger partial charge in [0.15, 0.2) is 11.0 Å². The number of aromatic carboxylic acids is 1. The fourth-order valence-electron chi connectivity index (χ4n) is 1.55. The Morgan fingerprint density at radius 1 is 1.45 bits per heavy atom. The van der Waals surface area contributed by atoms with E-state index in [1.54, 1.807) is 13.0 Å². The van der Waals surface area contributed by atoms with Crippen molar-refractivity contribution in [3.8, 4) is 5.75 Å². The van der Waals surface area contributed by atoms with Crippen molar-refractivity contribution >= 4 is 23.2 Å². The summed E-state index contributed by atoms with van der Waals surface area (Å²) in [5.41, 5.74) is -0.354. The van der Waals surface area contributed by atoms with Crippen molar-refractivity contribution in [1.29, 1.82) is 0 Å². The van der Waals surface area contributed by atoms with Gasteiger partial charge in [0.25, 0.3) is 5.91 Å². The first-order valence-corrected chi connectivity index (χ1v) is 7.30. The van der Waals surface area contributed by atoms with Crippen LogP contribution in [0.15, 0.2) is 6.07 Å². The minimum atomic E-state index is -1.03. The second kappa shape index (κ2) is 6.26. The Bertz CT molecular complexity index is 502. The van der Waals surface area contributed by atoms with E-state index in [-0.39, 0.29) is 22.1 Å². The second-order valence-corrected chi connectivity index (χ2v) is 6.70. The SMILES string of the molecule is CCc1cc(OC(C)C(=O)NC(C)(C)C)c(C(=O)O)s1. The number of ether oxygens (including phenoxy) is 1.